The van der Waals surface area contributed by atoms with Gasteiger partial charge in [-0.25, -0.2) is 13.2 Å². The lowest BCUT2D eigenvalue weighted by atomic mass is 10.0. The first-order valence-electron chi connectivity index (χ1n) is 3.92. The van der Waals surface area contributed by atoms with E-state index in [9.17, 15) is 13.2 Å². The monoisotopic (exact) mass is 199 g/mol. The molecule has 1 saturated heterocycles. The summed E-state index contributed by atoms with van der Waals surface area (Å²) in [6.07, 6.45) is 2.40. The summed E-state index contributed by atoms with van der Waals surface area (Å²) in [5.41, 5.74) is 0. The van der Waals surface area contributed by atoms with E-state index in [0.29, 0.717) is 12.8 Å². The number of hydrogen-bond donors (Lipinski definition) is 0. The summed E-state index contributed by atoms with van der Waals surface area (Å²) in [6, 6.07) is 2.29. The van der Waals surface area contributed by atoms with E-state index in [-0.39, 0.29) is 17.4 Å². The first-order valence-corrected chi connectivity index (χ1v) is 5.74. The molecule has 0 aliphatic carbocycles. The van der Waals surface area contributed by atoms with Crippen molar-refractivity contribution in [1.82, 2.24) is 0 Å². The number of rotatable bonds is 0. The van der Waals surface area contributed by atoms with Gasteiger partial charge in [-0.1, -0.05) is 5.92 Å². The molecule has 1 rings (SSSR count). The van der Waals surface area contributed by atoms with Crippen molar-refractivity contribution in [3.05, 3.63) is 0 Å². The molecule has 0 bridgehead atoms. The van der Waals surface area contributed by atoms with Crippen molar-refractivity contribution in [3.8, 4) is 12.0 Å². The fourth-order valence-electron chi connectivity index (χ4n) is 1.18. The summed E-state index contributed by atoms with van der Waals surface area (Å²) in [6.45, 7) is 0. The molecular weight excluding hydrogens is 190 g/mol. The van der Waals surface area contributed by atoms with Crippen LogP contribution in [0.5, 0.6) is 0 Å². The van der Waals surface area contributed by atoms with Crippen LogP contribution in [-0.2, 0) is 14.6 Å². The van der Waals surface area contributed by atoms with Gasteiger partial charge in [0.2, 0.25) is 6.08 Å². The molecule has 13 heavy (non-hydrogen) atoms. The zero-order valence-corrected chi connectivity index (χ0v) is 7.80. The molecule has 1 aliphatic heterocycles. The number of carbonyl (C=O) groups excluding carboxylic acids is 1. The Bertz CT molecular complexity index is 367. The zero-order valence-electron chi connectivity index (χ0n) is 6.99. The summed E-state index contributed by atoms with van der Waals surface area (Å²) in [5, 5.41) is 0. The Kier molecular flexibility index (Phi) is 3.24. The van der Waals surface area contributed by atoms with Crippen LogP contribution in [-0.4, -0.2) is 26.0 Å². The number of hydrogen-bond acceptors (Lipinski definition) is 4. The Morgan fingerprint density at radius 3 is 2.38 bits per heavy atom. The second-order valence-corrected chi connectivity index (χ2v) is 5.19. The third-order valence-electron chi connectivity index (χ3n) is 1.92. The fraction of sp³-hybridized carbons (Fsp3) is 0.625. The van der Waals surface area contributed by atoms with Crippen molar-refractivity contribution in [2.45, 2.75) is 12.8 Å². The highest BCUT2D eigenvalue weighted by molar-refractivity contribution is 7.91. The summed E-state index contributed by atoms with van der Waals surface area (Å²) >= 11 is 0. The molecule has 0 aromatic carbocycles. The molecular formula is C8H9NO3S. The van der Waals surface area contributed by atoms with E-state index in [0.717, 1.165) is 0 Å². The van der Waals surface area contributed by atoms with Crippen LogP contribution in [0.2, 0.25) is 0 Å². The summed E-state index contributed by atoms with van der Waals surface area (Å²) in [7, 11) is -2.82. The van der Waals surface area contributed by atoms with Crippen LogP contribution in [0.15, 0.2) is 4.99 Å². The van der Waals surface area contributed by atoms with E-state index < -0.39 is 9.84 Å². The van der Waals surface area contributed by atoms with Crippen LogP contribution in [0.1, 0.15) is 12.8 Å². The molecule has 0 N–H and O–H groups in total. The van der Waals surface area contributed by atoms with Crippen molar-refractivity contribution >= 4 is 15.9 Å². The Morgan fingerprint density at radius 1 is 1.23 bits per heavy atom. The maximum atomic E-state index is 11.0. The molecule has 0 amide bonds. The van der Waals surface area contributed by atoms with Gasteiger partial charge >= 0.3 is 0 Å². The number of nitrogens with zero attached hydrogens (tertiary/aromatic N) is 1. The Balaban J connectivity index is 2.52. The van der Waals surface area contributed by atoms with Crippen LogP contribution in [0.3, 0.4) is 0 Å². The SMILES string of the molecule is O=C=NC#CC1CCS(=O)(=O)CC1. The molecule has 0 saturated carbocycles. The van der Waals surface area contributed by atoms with E-state index in [2.05, 4.69) is 17.0 Å². The van der Waals surface area contributed by atoms with Gasteiger partial charge in [-0.2, -0.15) is 0 Å². The quantitative estimate of drug-likeness (QED) is 0.316. The second kappa shape index (κ2) is 4.22. The summed E-state index contributed by atoms with van der Waals surface area (Å²) < 4.78 is 22.0. The lowest BCUT2D eigenvalue weighted by Gasteiger charge is -2.16. The van der Waals surface area contributed by atoms with Crippen molar-refractivity contribution < 1.29 is 13.2 Å². The molecule has 0 atom stereocenters. The van der Waals surface area contributed by atoms with Crippen molar-refractivity contribution in [3.63, 3.8) is 0 Å². The average Bonchev–Trinajstić information content (AvgIpc) is 2.08. The molecule has 5 heteroatoms. The largest absolute Gasteiger partial charge is 0.249 e. The molecule has 4 nitrogen and oxygen atoms in total. The van der Waals surface area contributed by atoms with E-state index in [1.807, 2.05) is 0 Å². The highest BCUT2D eigenvalue weighted by Gasteiger charge is 2.21. The Labute approximate surface area is 77.0 Å². The highest BCUT2D eigenvalue weighted by Crippen LogP contribution is 2.17. The van der Waals surface area contributed by atoms with Gasteiger partial charge in [0, 0.05) is 12.0 Å². The molecule has 0 aromatic rings. The third-order valence-corrected chi connectivity index (χ3v) is 3.64. The van der Waals surface area contributed by atoms with Gasteiger partial charge in [-0.3, -0.25) is 0 Å². The maximum absolute atomic E-state index is 11.0. The van der Waals surface area contributed by atoms with Crippen molar-refractivity contribution in [1.29, 1.82) is 0 Å². The van der Waals surface area contributed by atoms with E-state index in [4.69, 9.17) is 0 Å². The van der Waals surface area contributed by atoms with Gasteiger partial charge in [-0.15, -0.1) is 4.99 Å². The van der Waals surface area contributed by atoms with Gasteiger partial charge in [0.1, 0.15) is 9.84 Å². The van der Waals surface area contributed by atoms with Gasteiger partial charge in [-0.05, 0) is 12.8 Å². The van der Waals surface area contributed by atoms with E-state index in [1.54, 1.807) is 0 Å². The highest BCUT2D eigenvalue weighted by atomic mass is 32.2. The summed E-state index contributed by atoms with van der Waals surface area (Å²) in [4.78, 5) is 12.7. The average molecular weight is 199 g/mol. The van der Waals surface area contributed by atoms with Gasteiger partial charge < -0.3 is 0 Å². The lowest BCUT2D eigenvalue weighted by molar-refractivity contribution is 0.543. The number of isocyanates is 1. The minimum atomic E-state index is -2.82. The lowest BCUT2D eigenvalue weighted by Crippen LogP contribution is -2.22. The normalized spacial score (nSPS) is 20.9. The second-order valence-electron chi connectivity index (χ2n) is 2.89. The minimum absolute atomic E-state index is 0.0561. The third kappa shape index (κ3) is 3.41. The topological polar surface area (TPSA) is 63.6 Å². The van der Waals surface area contributed by atoms with Crippen molar-refractivity contribution in [2.75, 3.05) is 11.5 Å². The van der Waals surface area contributed by atoms with Crippen LogP contribution < -0.4 is 0 Å². The van der Waals surface area contributed by atoms with Gasteiger partial charge in [0.25, 0.3) is 0 Å². The van der Waals surface area contributed by atoms with Crippen LogP contribution in [0.25, 0.3) is 0 Å². The maximum Gasteiger partial charge on any atom is 0.249 e. The molecule has 1 fully saturated rings. The first kappa shape index (κ1) is 9.97. The molecule has 1 heterocycles. The number of sulfone groups is 1. The number of aliphatic imine (C=N–C) groups is 1. The molecule has 70 valence electrons. The van der Waals surface area contributed by atoms with Crippen LogP contribution in [0.4, 0.5) is 0 Å². The van der Waals surface area contributed by atoms with Crippen LogP contribution in [0, 0.1) is 17.9 Å². The first-order chi connectivity index (χ1) is 6.14. The van der Waals surface area contributed by atoms with E-state index >= 15 is 0 Å². The predicted molar refractivity (Wildman–Crippen MR) is 47.3 cm³/mol. The molecule has 0 aromatic heterocycles. The standard InChI is InChI=1S/C8H9NO3S/c10-7-9-4-1-8-2-5-13(11,12)6-3-8/h8H,2-3,5-6H2. The van der Waals surface area contributed by atoms with Gasteiger partial charge in [0.05, 0.1) is 11.5 Å². The van der Waals surface area contributed by atoms with E-state index in [1.165, 1.54) is 6.08 Å². The smallest absolute Gasteiger partial charge is 0.229 e. The van der Waals surface area contributed by atoms with Crippen LogP contribution >= 0.6 is 0 Å². The predicted octanol–water partition coefficient (Wildman–Crippen LogP) is 0.108. The Morgan fingerprint density at radius 2 is 1.85 bits per heavy atom. The molecule has 0 spiro atoms. The molecule has 0 unspecified atom stereocenters. The summed E-state index contributed by atoms with van der Waals surface area (Å²) in [5.74, 6) is 3.16. The zero-order chi connectivity index (χ0) is 9.73. The van der Waals surface area contributed by atoms with Crippen molar-refractivity contribution in [2.24, 2.45) is 10.9 Å². The van der Waals surface area contributed by atoms with Gasteiger partial charge in [0.15, 0.2) is 0 Å². The molecule has 1 aliphatic rings. The Hall–Kier alpha value is -1.11. The molecule has 0 radical (unpaired) electrons. The fourth-order valence-corrected chi connectivity index (χ4v) is 2.67. The minimum Gasteiger partial charge on any atom is -0.229 e.